The van der Waals surface area contributed by atoms with Gasteiger partial charge in [0.1, 0.15) is 0 Å². The fourth-order valence-electron chi connectivity index (χ4n) is 4.06. The number of aryl methyl sites for hydroxylation is 1. The number of methoxy groups -OCH3 is 1. The molecule has 1 fully saturated rings. The SMILES string of the molecule is COC(=O)c1nc(NC(=O)C2CCC(Cn3cnc4ccccc4c3=O)CC2)sc1C. The Hall–Kier alpha value is -3.07. The third-order valence-corrected chi connectivity index (χ3v) is 6.70. The van der Waals surface area contributed by atoms with Crippen molar-refractivity contribution in [3.8, 4) is 0 Å². The maximum Gasteiger partial charge on any atom is 0.357 e. The second-order valence-corrected chi connectivity index (χ2v) is 9.04. The van der Waals surface area contributed by atoms with E-state index in [0.29, 0.717) is 33.4 Å². The molecule has 31 heavy (non-hydrogen) atoms. The van der Waals surface area contributed by atoms with Crippen LogP contribution in [-0.4, -0.2) is 33.5 Å². The van der Waals surface area contributed by atoms with E-state index in [4.69, 9.17) is 4.74 Å². The van der Waals surface area contributed by atoms with Crippen molar-refractivity contribution in [2.75, 3.05) is 12.4 Å². The number of nitrogens with one attached hydrogen (secondary N) is 1. The average Bonchev–Trinajstić information content (AvgIpc) is 3.15. The summed E-state index contributed by atoms with van der Waals surface area (Å²) >= 11 is 1.27. The number of esters is 1. The van der Waals surface area contributed by atoms with E-state index >= 15 is 0 Å². The highest BCUT2D eigenvalue weighted by atomic mass is 32.1. The number of hydrogen-bond donors (Lipinski definition) is 1. The molecule has 0 spiro atoms. The number of hydrogen-bond acceptors (Lipinski definition) is 7. The van der Waals surface area contributed by atoms with Gasteiger partial charge in [0, 0.05) is 17.3 Å². The molecule has 1 aliphatic carbocycles. The fraction of sp³-hybridized carbons (Fsp3) is 0.409. The van der Waals surface area contributed by atoms with Gasteiger partial charge in [-0.15, -0.1) is 11.3 Å². The van der Waals surface area contributed by atoms with Crippen LogP contribution in [0.3, 0.4) is 0 Å². The average molecular weight is 441 g/mol. The van der Waals surface area contributed by atoms with Gasteiger partial charge in [-0.2, -0.15) is 0 Å². The molecule has 0 saturated heterocycles. The second-order valence-electron chi connectivity index (χ2n) is 7.84. The van der Waals surface area contributed by atoms with Crippen LogP contribution in [0.5, 0.6) is 0 Å². The van der Waals surface area contributed by atoms with Crippen LogP contribution in [0.1, 0.15) is 41.0 Å². The monoisotopic (exact) mass is 440 g/mol. The van der Waals surface area contributed by atoms with Gasteiger partial charge >= 0.3 is 5.97 Å². The minimum Gasteiger partial charge on any atom is -0.464 e. The lowest BCUT2D eigenvalue weighted by Crippen LogP contribution is -2.30. The summed E-state index contributed by atoms with van der Waals surface area (Å²) in [7, 11) is 1.31. The van der Waals surface area contributed by atoms with Crippen molar-refractivity contribution < 1.29 is 14.3 Å². The number of amides is 1. The van der Waals surface area contributed by atoms with Crippen molar-refractivity contribution in [3.05, 3.63) is 51.5 Å². The van der Waals surface area contributed by atoms with E-state index < -0.39 is 5.97 Å². The Kier molecular flexibility index (Phi) is 6.13. The largest absolute Gasteiger partial charge is 0.464 e. The summed E-state index contributed by atoms with van der Waals surface area (Å²) in [6, 6.07) is 7.35. The minimum absolute atomic E-state index is 0.0222. The number of anilines is 1. The summed E-state index contributed by atoms with van der Waals surface area (Å²) < 4.78 is 6.39. The summed E-state index contributed by atoms with van der Waals surface area (Å²) in [5, 5.41) is 3.88. The quantitative estimate of drug-likeness (QED) is 0.610. The van der Waals surface area contributed by atoms with Crippen molar-refractivity contribution in [2.24, 2.45) is 11.8 Å². The fourth-order valence-corrected chi connectivity index (χ4v) is 4.87. The van der Waals surface area contributed by atoms with Crippen LogP contribution in [0.2, 0.25) is 0 Å². The van der Waals surface area contributed by atoms with E-state index in [1.165, 1.54) is 18.4 Å². The van der Waals surface area contributed by atoms with E-state index in [1.807, 2.05) is 18.2 Å². The molecule has 2 aromatic heterocycles. The van der Waals surface area contributed by atoms with Crippen LogP contribution in [0.25, 0.3) is 10.9 Å². The van der Waals surface area contributed by atoms with Crippen molar-refractivity contribution >= 4 is 39.2 Å². The molecule has 0 bridgehead atoms. The highest BCUT2D eigenvalue weighted by Crippen LogP contribution is 2.31. The van der Waals surface area contributed by atoms with Gasteiger partial charge in [-0.3, -0.25) is 14.2 Å². The zero-order chi connectivity index (χ0) is 22.0. The number of para-hydroxylation sites is 1. The maximum absolute atomic E-state index is 12.7. The van der Waals surface area contributed by atoms with Crippen LogP contribution < -0.4 is 10.9 Å². The third kappa shape index (κ3) is 4.51. The molecule has 0 radical (unpaired) electrons. The molecule has 8 nitrogen and oxygen atoms in total. The Bertz CT molecular complexity index is 1180. The molecular formula is C22H24N4O4S. The number of aromatic nitrogens is 3. The Balaban J connectivity index is 1.35. The van der Waals surface area contributed by atoms with Gasteiger partial charge < -0.3 is 10.1 Å². The lowest BCUT2D eigenvalue weighted by Gasteiger charge is -2.27. The van der Waals surface area contributed by atoms with Gasteiger partial charge in [0.2, 0.25) is 5.91 Å². The first-order chi connectivity index (χ1) is 15.0. The molecule has 9 heteroatoms. The second kappa shape index (κ2) is 8.97. The van der Waals surface area contributed by atoms with Gasteiger partial charge in [-0.1, -0.05) is 12.1 Å². The summed E-state index contributed by atoms with van der Waals surface area (Å²) in [5.41, 5.74) is 0.920. The summed E-state index contributed by atoms with van der Waals surface area (Å²) in [5.74, 6) is -0.354. The molecule has 1 aliphatic rings. The summed E-state index contributed by atoms with van der Waals surface area (Å²) in [6.45, 7) is 2.38. The smallest absolute Gasteiger partial charge is 0.357 e. The standard InChI is InChI=1S/C22H24N4O4S/c1-13-18(21(29)30-2)24-22(31-13)25-19(27)15-9-7-14(8-10-15)11-26-12-23-17-6-4-3-5-16(17)20(26)28/h3-6,12,14-15H,7-11H2,1-2H3,(H,24,25,27). The van der Waals surface area contributed by atoms with Crippen molar-refractivity contribution in [1.29, 1.82) is 0 Å². The summed E-state index contributed by atoms with van der Waals surface area (Å²) in [6.07, 6.45) is 4.84. The molecular weight excluding hydrogens is 416 g/mol. The molecule has 1 N–H and O–H groups in total. The Morgan fingerprint density at radius 3 is 2.71 bits per heavy atom. The van der Waals surface area contributed by atoms with Crippen LogP contribution in [0, 0.1) is 18.8 Å². The number of carbonyl (C=O) groups excluding carboxylic acids is 2. The zero-order valence-electron chi connectivity index (χ0n) is 17.5. The van der Waals surface area contributed by atoms with Gasteiger partial charge in [0.15, 0.2) is 10.8 Å². The predicted molar refractivity (Wildman–Crippen MR) is 118 cm³/mol. The molecule has 0 aliphatic heterocycles. The highest BCUT2D eigenvalue weighted by Gasteiger charge is 2.28. The third-order valence-electron chi connectivity index (χ3n) is 5.81. The number of thiazole rings is 1. The maximum atomic E-state index is 12.7. The van der Waals surface area contributed by atoms with Gasteiger partial charge in [0.25, 0.3) is 5.56 Å². The van der Waals surface area contributed by atoms with Gasteiger partial charge in [-0.25, -0.2) is 14.8 Å². The van der Waals surface area contributed by atoms with Crippen molar-refractivity contribution in [3.63, 3.8) is 0 Å². The topological polar surface area (TPSA) is 103 Å². The molecule has 0 unspecified atom stereocenters. The molecule has 1 aromatic carbocycles. The number of fused-ring (bicyclic) bond motifs is 1. The molecule has 3 aromatic rings. The first kappa shape index (κ1) is 21.2. The first-order valence-corrected chi connectivity index (χ1v) is 11.1. The number of ether oxygens (including phenoxy) is 1. The van der Waals surface area contributed by atoms with Crippen LogP contribution in [0.15, 0.2) is 35.4 Å². The highest BCUT2D eigenvalue weighted by molar-refractivity contribution is 7.16. The molecule has 1 amide bonds. The molecule has 2 heterocycles. The molecule has 4 rings (SSSR count). The number of nitrogens with zero attached hydrogens (tertiary/aromatic N) is 3. The number of benzene rings is 1. The predicted octanol–water partition coefficient (Wildman–Crippen LogP) is 3.39. The normalized spacial score (nSPS) is 18.6. The number of rotatable bonds is 5. The van der Waals surface area contributed by atoms with Crippen LogP contribution in [-0.2, 0) is 16.1 Å². The van der Waals surface area contributed by atoms with E-state index in [9.17, 15) is 14.4 Å². The van der Waals surface area contributed by atoms with E-state index in [0.717, 1.165) is 25.7 Å². The molecule has 0 atom stereocenters. The lowest BCUT2D eigenvalue weighted by molar-refractivity contribution is -0.121. The molecule has 1 saturated carbocycles. The van der Waals surface area contributed by atoms with Gasteiger partial charge in [-0.05, 0) is 50.7 Å². The van der Waals surface area contributed by atoms with Gasteiger partial charge in [0.05, 0.1) is 24.3 Å². The number of carbonyl (C=O) groups is 2. The first-order valence-electron chi connectivity index (χ1n) is 10.3. The lowest BCUT2D eigenvalue weighted by atomic mass is 9.81. The summed E-state index contributed by atoms with van der Waals surface area (Å²) in [4.78, 5) is 46.3. The minimum atomic E-state index is -0.506. The Labute approximate surface area is 183 Å². The van der Waals surface area contributed by atoms with Crippen LogP contribution in [0.4, 0.5) is 5.13 Å². The van der Waals surface area contributed by atoms with Crippen molar-refractivity contribution in [1.82, 2.24) is 14.5 Å². The van der Waals surface area contributed by atoms with Crippen molar-refractivity contribution in [2.45, 2.75) is 39.2 Å². The van der Waals surface area contributed by atoms with E-state index in [1.54, 1.807) is 23.9 Å². The Morgan fingerprint density at radius 2 is 1.97 bits per heavy atom. The van der Waals surface area contributed by atoms with E-state index in [-0.39, 0.29) is 23.1 Å². The zero-order valence-corrected chi connectivity index (χ0v) is 18.3. The van der Waals surface area contributed by atoms with E-state index in [2.05, 4.69) is 15.3 Å². The molecule has 162 valence electrons. The van der Waals surface area contributed by atoms with Crippen LogP contribution >= 0.6 is 11.3 Å². The Morgan fingerprint density at radius 1 is 1.23 bits per heavy atom.